The van der Waals surface area contributed by atoms with E-state index >= 15 is 0 Å². The molecular weight excluding hydrogens is 414 g/mol. The van der Waals surface area contributed by atoms with Crippen LogP contribution < -0.4 is 10.6 Å². The summed E-state index contributed by atoms with van der Waals surface area (Å²) in [5, 5.41) is 6.42. The molecule has 2 N–H and O–H groups in total. The average Bonchev–Trinajstić information content (AvgIpc) is 3.29. The Labute approximate surface area is 196 Å². The second kappa shape index (κ2) is 11.3. The molecule has 0 saturated carbocycles. The van der Waals surface area contributed by atoms with E-state index in [1.807, 2.05) is 38.2 Å². The number of aliphatic imine (C=N–C) groups is 1. The van der Waals surface area contributed by atoms with Crippen LogP contribution >= 0.6 is 0 Å². The zero-order valence-electron chi connectivity index (χ0n) is 19.7. The molecule has 2 aliphatic heterocycles. The molecule has 7 heteroatoms. The predicted molar refractivity (Wildman–Crippen MR) is 131 cm³/mol. The monoisotopic (exact) mass is 449 g/mol. The van der Waals surface area contributed by atoms with Crippen LogP contribution in [0.15, 0.2) is 59.6 Å². The molecule has 2 saturated heterocycles. The molecule has 2 aromatic carbocycles. The Morgan fingerprint density at radius 3 is 2.70 bits per heavy atom. The van der Waals surface area contributed by atoms with Crippen LogP contribution in [0.4, 0.5) is 0 Å². The fourth-order valence-corrected chi connectivity index (χ4v) is 4.62. The molecule has 0 spiro atoms. The minimum atomic E-state index is -0.0256. The van der Waals surface area contributed by atoms with Crippen LogP contribution in [0.25, 0.3) is 0 Å². The van der Waals surface area contributed by atoms with Crippen LogP contribution in [-0.4, -0.2) is 73.6 Å². The van der Waals surface area contributed by atoms with Crippen molar-refractivity contribution in [2.75, 3.05) is 39.8 Å². The maximum Gasteiger partial charge on any atom is 0.251 e. The third-order valence-corrected chi connectivity index (χ3v) is 6.33. The third-order valence-electron chi connectivity index (χ3n) is 6.33. The van der Waals surface area contributed by atoms with Gasteiger partial charge in [0.15, 0.2) is 5.96 Å². The van der Waals surface area contributed by atoms with Gasteiger partial charge in [-0.15, -0.1) is 0 Å². The van der Waals surface area contributed by atoms with Crippen LogP contribution in [0.5, 0.6) is 0 Å². The lowest BCUT2D eigenvalue weighted by Crippen LogP contribution is -2.50. The highest BCUT2D eigenvalue weighted by molar-refractivity contribution is 5.94. The van der Waals surface area contributed by atoms with Gasteiger partial charge >= 0.3 is 0 Å². The number of carbonyl (C=O) groups excluding carboxylic acids is 1. The molecule has 2 atom stereocenters. The second-order valence-corrected chi connectivity index (χ2v) is 8.69. The Morgan fingerprint density at radius 1 is 1.09 bits per heavy atom. The summed E-state index contributed by atoms with van der Waals surface area (Å²) in [5.74, 6) is 0.843. The van der Waals surface area contributed by atoms with Crippen LogP contribution in [0.3, 0.4) is 0 Å². The molecule has 0 bridgehead atoms. The number of morpholine rings is 1. The van der Waals surface area contributed by atoms with Crippen molar-refractivity contribution in [3.05, 3.63) is 71.3 Å². The third kappa shape index (κ3) is 5.92. The molecule has 33 heavy (non-hydrogen) atoms. The van der Waals surface area contributed by atoms with Gasteiger partial charge in [0.25, 0.3) is 5.91 Å². The largest absolute Gasteiger partial charge is 0.373 e. The van der Waals surface area contributed by atoms with Crippen LogP contribution in [0.1, 0.15) is 34.8 Å². The molecule has 4 rings (SSSR count). The van der Waals surface area contributed by atoms with E-state index in [1.165, 1.54) is 5.56 Å². The number of amides is 1. The van der Waals surface area contributed by atoms with Gasteiger partial charge in [0, 0.05) is 51.9 Å². The number of fused-ring (bicyclic) bond motifs is 1. The van der Waals surface area contributed by atoms with E-state index < -0.39 is 0 Å². The maximum absolute atomic E-state index is 12.3. The highest BCUT2D eigenvalue weighted by atomic mass is 16.5. The Morgan fingerprint density at radius 2 is 1.91 bits per heavy atom. The van der Waals surface area contributed by atoms with Gasteiger partial charge in [-0.25, -0.2) is 0 Å². The summed E-state index contributed by atoms with van der Waals surface area (Å²) in [5.41, 5.74) is 3.08. The number of nitrogens with zero attached hydrogens (tertiary/aromatic N) is 3. The van der Waals surface area contributed by atoms with Gasteiger partial charge in [-0.1, -0.05) is 49.4 Å². The minimum absolute atomic E-state index is 0.0256. The number of hydrogen-bond acceptors (Lipinski definition) is 4. The Hall–Kier alpha value is -2.90. The van der Waals surface area contributed by atoms with Gasteiger partial charge in [0.1, 0.15) is 0 Å². The van der Waals surface area contributed by atoms with E-state index in [0.717, 1.165) is 50.7 Å². The molecule has 2 heterocycles. The summed E-state index contributed by atoms with van der Waals surface area (Å²) in [6.45, 7) is 7.72. The lowest BCUT2D eigenvalue weighted by Gasteiger charge is -2.36. The average molecular weight is 450 g/mol. The number of likely N-dealkylation sites (tertiary alicyclic amines) is 1. The zero-order valence-corrected chi connectivity index (χ0v) is 19.7. The molecule has 1 amide bonds. The molecule has 2 aromatic rings. The number of guanidine groups is 1. The number of nitrogens with one attached hydrogen (secondary N) is 2. The Balaban J connectivity index is 1.35. The van der Waals surface area contributed by atoms with Gasteiger partial charge < -0.3 is 20.3 Å². The fourth-order valence-electron chi connectivity index (χ4n) is 4.62. The van der Waals surface area contributed by atoms with Gasteiger partial charge in [-0.3, -0.25) is 14.7 Å². The molecule has 176 valence electrons. The van der Waals surface area contributed by atoms with Crippen molar-refractivity contribution in [3.8, 4) is 0 Å². The molecule has 2 unspecified atom stereocenters. The van der Waals surface area contributed by atoms with Crippen molar-refractivity contribution in [1.82, 2.24) is 20.4 Å². The van der Waals surface area contributed by atoms with E-state index in [1.54, 1.807) is 0 Å². The number of hydrogen-bond donors (Lipinski definition) is 2. The quantitative estimate of drug-likeness (QED) is 0.502. The number of ether oxygens (including phenoxy) is 1. The Bertz CT molecular complexity index is 949. The predicted octanol–water partition coefficient (Wildman–Crippen LogP) is 2.49. The van der Waals surface area contributed by atoms with E-state index in [2.05, 4.69) is 55.8 Å². The first-order valence-electron chi connectivity index (χ1n) is 11.9. The smallest absolute Gasteiger partial charge is 0.251 e. The van der Waals surface area contributed by atoms with Crippen molar-refractivity contribution < 1.29 is 9.53 Å². The lowest BCUT2D eigenvalue weighted by atomic mass is 10.1. The number of benzene rings is 2. The summed E-state index contributed by atoms with van der Waals surface area (Å²) >= 11 is 0. The summed E-state index contributed by atoms with van der Waals surface area (Å²) in [6.07, 6.45) is 1.11. The molecule has 2 aliphatic rings. The molecule has 7 nitrogen and oxygen atoms in total. The van der Waals surface area contributed by atoms with E-state index in [9.17, 15) is 4.79 Å². The fraction of sp³-hybridized carbons (Fsp3) is 0.462. The van der Waals surface area contributed by atoms with E-state index in [4.69, 9.17) is 4.74 Å². The summed E-state index contributed by atoms with van der Waals surface area (Å²) in [6, 6.07) is 18.8. The van der Waals surface area contributed by atoms with Gasteiger partial charge in [0.2, 0.25) is 0 Å². The van der Waals surface area contributed by atoms with Crippen molar-refractivity contribution in [1.29, 1.82) is 0 Å². The van der Waals surface area contributed by atoms with E-state index in [0.29, 0.717) is 24.7 Å². The molecule has 0 aromatic heterocycles. The molecule has 2 fully saturated rings. The molecule has 0 radical (unpaired) electrons. The normalized spacial score (nSPS) is 21.0. The summed E-state index contributed by atoms with van der Waals surface area (Å²) < 4.78 is 6.12. The SMILES string of the molecule is CCCNC(=O)c1cccc(CNC(=NC)N2CC3OCCN(Cc4ccccc4)C3C2)c1. The van der Waals surface area contributed by atoms with Crippen molar-refractivity contribution >= 4 is 11.9 Å². The standard InChI is InChI=1S/C26H35N5O2/c1-3-12-28-25(32)22-11-7-10-21(15-22)16-29-26(27-2)31-18-23-24(19-31)33-14-13-30(23)17-20-8-5-4-6-9-20/h4-11,15,23-24H,3,12-14,16-19H2,1-2H3,(H,27,29)(H,28,32). The molecular formula is C26H35N5O2. The first kappa shape index (κ1) is 23.3. The summed E-state index contributed by atoms with van der Waals surface area (Å²) in [7, 11) is 1.82. The first-order valence-corrected chi connectivity index (χ1v) is 11.9. The van der Waals surface area contributed by atoms with E-state index in [-0.39, 0.29) is 12.0 Å². The van der Waals surface area contributed by atoms with Gasteiger partial charge in [-0.2, -0.15) is 0 Å². The number of rotatable bonds is 7. The summed E-state index contributed by atoms with van der Waals surface area (Å²) in [4.78, 5) is 21.6. The van der Waals surface area contributed by atoms with Gasteiger partial charge in [-0.05, 0) is 29.7 Å². The topological polar surface area (TPSA) is 69.2 Å². The second-order valence-electron chi connectivity index (χ2n) is 8.69. The zero-order chi connectivity index (χ0) is 23.0. The van der Waals surface area contributed by atoms with Crippen molar-refractivity contribution in [2.45, 2.75) is 38.6 Å². The maximum atomic E-state index is 12.3. The Kier molecular flexibility index (Phi) is 7.96. The van der Waals surface area contributed by atoms with Crippen LogP contribution in [0, 0.1) is 0 Å². The first-order chi connectivity index (χ1) is 16.2. The minimum Gasteiger partial charge on any atom is -0.373 e. The number of carbonyl (C=O) groups is 1. The van der Waals surface area contributed by atoms with Gasteiger partial charge in [0.05, 0.1) is 18.8 Å². The highest BCUT2D eigenvalue weighted by Crippen LogP contribution is 2.24. The lowest BCUT2D eigenvalue weighted by molar-refractivity contribution is -0.0502. The molecule has 0 aliphatic carbocycles. The highest BCUT2D eigenvalue weighted by Gasteiger charge is 2.41. The van der Waals surface area contributed by atoms with Crippen LogP contribution in [0.2, 0.25) is 0 Å². The van der Waals surface area contributed by atoms with Crippen LogP contribution in [-0.2, 0) is 17.8 Å². The van der Waals surface area contributed by atoms with Crippen molar-refractivity contribution in [3.63, 3.8) is 0 Å². The van der Waals surface area contributed by atoms with Crippen molar-refractivity contribution in [2.24, 2.45) is 4.99 Å².